The van der Waals surface area contributed by atoms with Crippen LogP contribution < -0.4 is 20.1 Å². The molecule has 2 aliphatic heterocycles. The van der Waals surface area contributed by atoms with Crippen molar-refractivity contribution in [1.82, 2.24) is 15.3 Å². The molecule has 224 valence electrons. The van der Waals surface area contributed by atoms with E-state index in [1.165, 1.54) is 43.5 Å². The van der Waals surface area contributed by atoms with Crippen LogP contribution in [-0.2, 0) is 19.6 Å². The molecule has 4 aromatic rings. The van der Waals surface area contributed by atoms with Gasteiger partial charge in [0, 0.05) is 40.9 Å². The minimum Gasteiger partial charge on any atom is -0.487 e. The average Bonchev–Trinajstić information content (AvgIpc) is 3.36. The lowest BCUT2D eigenvalue weighted by Crippen LogP contribution is -2.35. The third-order valence-electron chi connectivity index (χ3n) is 7.28. The summed E-state index contributed by atoms with van der Waals surface area (Å²) in [6.07, 6.45) is 2.32. The van der Waals surface area contributed by atoms with Crippen molar-refractivity contribution in [3.05, 3.63) is 70.9 Å². The van der Waals surface area contributed by atoms with Crippen LogP contribution >= 0.6 is 11.6 Å². The Morgan fingerprint density at radius 2 is 1.88 bits per heavy atom. The lowest BCUT2D eigenvalue weighted by Gasteiger charge is -2.23. The number of ether oxygens (including phenoxy) is 2. The molecule has 0 saturated carbocycles. The molecule has 0 aliphatic carbocycles. The number of piperidine rings is 1. The number of fused-ring (bicyclic) bond motifs is 2. The zero-order valence-corrected chi connectivity index (χ0v) is 24.4. The van der Waals surface area contributed by atoms with Gasteiger partial charge in [0.2, 0.25) is 5.95 Å². The highest BCUT2D eigenvalue weighted by Crippen LogP contribution is 2.42. The maximum absolute atomic E-state index is 15.8. The number of halogens is 3. The monoisotopic (exact) mass is 629 g/mol. The van der Waals surface area contributed by atoms with Crippen LogP contribution in [0.25, 0.3) is 22.0 Å². The molecule has 0 spiro atoms. The Morgan fingerprint density at radius 3 is 2.65 bits per heavy atom. The first kappa shape index (κ1) is 29.0. The number of esters is 1. The van der Waals surface area contributed by atoms with Crippen molar-refractivity contribution >= 4 is 50.1 Å². The van der Waals surface area contributed by atoms with Crippen LogP contribution in [0.1, 0.15) is 31.4 Å². The maximum atomic E-state index is 15.8. The van der Waals surface area contributed by atoms with E-state index in [1.54, 1.807) is 6.07 Å². The van der Waals surface area contributed by atoms with Gasteiger partial charge in [-0.1, -0.05) is 23.7 Å². The summed E-state index contributed by atoms with van der Waals surface area (Å²) in [5.41, 5.74) is -0.0689. The normalized spacial score (nSPS) is 16.9. The maximum Gasteiger partial charge on any atom is 0.303 e. The summed E-state index contributed by atoms with van der Waals surface area (Å²) >= 11 is 6.18. The summed E-state index contributed by atoms with van der Waals surface area (Å²) in [7, 11) is -4.46. The van der Waals surface area contributed by atoms with Gasteiger partial charge >= 0.3 is 5.97 Å². The van der Waals surface area contributed by atoms with E-state index < -0.39 is 39.4 Å². The van der Waals surface area contributed by atoms with E-state index in [0.29, 0.717) is 11.5 Å². The minimum atomic E-state index is -4.46. The molecule has 1 fully saturated rings. The molecule has 14 heteroatoms. The van der Waals surface area contributed by atoms with Crippen molar-refractivity contribution in [3.8, 4) is 16.9 Å². The van der Waals surface area contributed by atoms with Gasteiger partial charge in [0.05, 0.1) is 16.6 Å². The summed E-state index contributed by atoms with van der Waals surface area (Å²) in [5.74, 6) is -2.00. The van der Waals surface area contributed by atoms with E-state index in [4.69, 9.17) is 21.1 Å². The summed E-state index contributed by atoms with van der Waals surface area (Å²) in [6, 6.07) is 9.71. The van der Waals surface area contributed by atoms with E-state index in [9.17, 15) is 13.2 Å². The Kier molecular flexibility index (Phi) is 7.79. The fourth-order valence-corrected chi connectivity index (χ4v) is 6.80. The topological polar surface area (TPSA) is 132 Å². The fourth-order valence-electron chi connectivity index (χ4n) is 5.25. The van der Waals surface area contributed by atoms with Crippen LogP contribution in [-0.4, -0.2) is 50.1 Å². The van der Waals surface area contributed by atoms with Gasteiger partial charge in [0.25, 0.3) is 10.0 Å². The van der Waals surface area contributed by atoms with Crippen molar-refractivity contribution in [2.24, 2.45) is 0 Å². The largest absolute Gasteiger partial charge is 0.487 e. The fraction of sp³-hybridized carbons (Fsp3) is 0.276. The molecular formula is C29H26ClF2N5O5S. The number of nitrogens with zero attached hydrogens (tertiary/aromatic N) is 2. The van der Waals surface area contributed by atoms with E-state index in [1.807, 2.05) is 0 Å². The number of sulfonamides is 1. The van der Waals surface area contributed by atoms with Gasteiger partial charge in [0.15, 0.2) is 11.9 Å². The number of hydrogen-bond donors (Lipinski definition) is 3. The SMILES string of the molecule is CC(=O)O[C@@H]1COc2c1cc(Cl)cc2S(=O)(=O)Nc1cccc(-c2ccc3nc(NC4CCNCC4)ncc3c2F)c1F. The van der Waals surface area contributed by atoms with Gasteiger partial charge in [-0.25, -0.2) is 27.2 Å². The molecule has 0 unspecified atom stereocenters. The summed E-state index contributed by atoms with van der Waals surface area (Å²) in [4.78, 5) is 19.8. The number of hydrogen-bond acceptors (Lipinski definition) is 9. The molecule has 6 rings (SSSR count). The smallest absolute Gasteiger partial charge is 0.303 e. The molecule has 0 bridgehead atoms. The van der Waals surface area contributed by atoms with Crippen molar-refractivity contribution < 1.29 is 31.5 Å². The molecule has 43 heavy (non-hydrogen) atoms. The molecule has 10 nitrogen and oxygen atoms in total. The summed E-state index contributed by atoms with van der Waals surface area (Å²) < 4.78 is 71.3. The standard InChI is InChI=1S/C29H26ClF2N5O5S/c1-15(38)42-24-14-41-28-20(24)11-16(30)12-25(28)43(39,40)37-23-4-2-3-18(27(23)32)19-5-6-22-21(26(19)31)13-34-29(36-22)35-17-7-9-33-10-8-17/h2-6,11-13,17,24,33,37H,7-10,14H2,1H3,(H,34,35,36)/t24-/m1/s1. The molecule has 3 N–H and O–H groups in total. The van der Waals surface area contributed by atoms with E-state index in [2.05, 4.69) is 25.3 Å². The lowest BCUT2D eigenvalue weighted by molar-refractivity contribution is -0.147. The molecule has 1 aromatic heterocycles. The number of carbonyl (C=O) groups excluding carboxylic acids is 1. The third kappa shape index (κ3) is 5.79. The first-order valence-electron chi connectivity index (χ1n) is 13.5. The van der Waals surface area contributed by atoms with Gasteiger partial charge in [0.1, 0.15) is 23.1 Å². The molecule has 1 saturated heterocycles. The first-order chi connectivity index (χ1) is 20.6. The highest BCUT2D eigenvalue weighted by Gasteiger charge is 2.34. The van der Waals surface area contributed by atoms with Crippen LogP contribution in [0, 0.1) is 11.6 Å². The van der Waals surface area contributed by atoms with Crippen LogP contribution in [0.3, 0.4) is 0 Å². The molecule has 3 aromatic carbocycles. The van der Waals surface area contributed by atoms with Gasteiger partial charge in [-0.05, 0) is 56.3 Å². The van der Waals surface area contributed by atoms with Gasteiger partial charge in [-0.15, -0.1) is 0 Å². The zero-order chi connectivity index (χ0) is 30.3. The lowest BCUT2D eigenvalue weighted by atomic mass is 10.0. The Hall–Kier alpha value is -4.07. The Morgan fingerprint density at radius 1 is 1.12 bits per heavy atom. The molecular weight excluding hydrogens is 604 g/mol. The first-order valence-corrected chi connectivity index (χ1v) is 15.3. The predicted octanol–water partition coefficient (Wildman–Crippen LogP) is 5.19. The Balaban J connectivity index is 1.30. The number of rotatable bonds is 7. The summed E-state index contributed by atoms with van der Waals surface area (Å²) in [5, 5.41) is 6.69. The second-order valence-electron chi connectivity index (χ2n) is 10.2. The molecule has 2 aliphatic rings. The number of carbonyl (C=O) groups is 1. The van der Waals surface area contributed by atoms with Crippen molar-refractivity contribution in [2.75, 3.05) is 29.7 Å². The van der Waals surface area contributed by atoms with Gasteiger partial charge in [-0.3, -0.25) is 9.52 Å². The molecule has 0 amide bonds. The van der Waals surface area contributed by atoms with Gasteiger partial charge in [-0.2, -0.15) is 0 Å². The number of anilines is 2. The summed E-state index contributed by atoms with van der Waals surface area (Å²) in [6.45, 7) is 2.88. The molecule has 0 radical (unpaired) electrons. The highest BCUT2D eigenvalue weighted by atomic mass is 35.5. The number of nitrogens with one attached hydrogen (secondary N) is 3. The number of benzene rings is 3. The van der Waals surface area contributed by atoms with Gasteiger partial charge < -0.3 is 20.1 Å². The minimum absolute atomic E-state index is 0.0468. The highest BCUT2D eigenvalue weighted by molar-refractivity contribution is 7.92. The van der Waals surface area contributed by atoms with Crippen LogP contribution in [0.4, 0.5) is 20.4 Å². The quantitative estimate of drug-likeness (QED) is 0.236. The molecule has 3 heterocycles. The second-order valence-corrected chi connectivity index (χ2v) is 12.3. The zero-order valence-electron chi connectivity index (χ0n) is 22.8. The Labute approximate surface area is 250 Å². The average molecular weight is 630 g/mol. The van der Waals surface area contributed by atoms with E-state index in [-0.39, 0.29) is 50.4 Å². The number of aromatic nitrogens is 2. The van der Waals surface area contributed by atoms with Crippen molar-refractivity contribution in [1.29, 1.82) is 0 Å². The third-order valence-corrected chi connectivity index (χ3v) is 8.87. The Bertz CT molecular complexity index is 1850. The van der Waals surface area contributed by atoms with E-state index >= 15 is 8.78 Å². The van der Waals surface area contributed by atoms with Crippen LogP contribution in [0.15, 0.2) is 53.6 Å². The van der Waals surface area contributed by atoms with E-state index in [0.717, 1.165) is 32.0 Å². The van der Waals surface area contributed by atoms with Crippen molar-refractivity contribution in [2.45, 2.75) is 36.8 Å². The van der Waals surface area contributed by atoms with Crippen molar-refractivity contribution in [3.63, 3.8) is 0 Å². The van der Waals surface area contributed by atoms with Crippen LogP contribution in [0.5, 0.6) is 5.75 Å². The second kappa shape index (κ2) is 11.5. The molecule has 1 atom stereocenters. The van der Waals surface area contributed by atoms with Crippen LogP contribution in [0.2, 0.25) is 5.02 Å². The predicted molar refractivity (Wildman–Crippen MR) is 157 cm³/mol.